The van der Waals surface area contributed by atoms with Crippen LogP contribution in [0.1, 0.15) is 30.6 Å². The largest absolute Gasteiger partial charge is 0.504 e. The Morgan fingerprint density at radius 2 is 1.97 bits per heavy atom. The molecule has 1 saturated heterocycles. The second kappa shape index (κ2) is 9.58. The van der Waals surface area contributed by atoms with Gasteiger partial charge in [0.2, 0.25) is 5.91 Å². The molecule has 1 aromatic rings. The van der Waals surface area contributed by atoms with Gasteiger partial charge < -0.3 is 29.5 Å². The third kappa shape index (κ3) is 4.87. The van der Waals surface area contributed by atoms with Gasteiger partial charge >= 0.3 is 12.1 Å². The molecule has 3 amide bonds. The number of ether oxygens (including phenoxy) is 1. The van der Waals surface area contributed by atoms with Crippen LogP contribution in [0.25, 0.3) is 0 Å². The van der Waals surface area contributed by atoms with E-state index in [2.05, 4.69) is 0 Å². The van der Waals surface area contributed by atoms with E-state index in [0.717, 1.165) is 24.0 Å². The highest BCUT2D eigenvalue weighted by atomic mass is 35.5. The number of amides is 3. The molecule has 1 aliphatic rings. The molecule has 6 N–H and O–H groups in total. The van der Waals surface area contributed by atoms with Gasteiger partial charge in [-0.15, -0.1) is 0 Å². The monoisotopic (exact) mass is 493 g/mol. The van der Waals surface area contributed by atoms with Crippen LogP contribution in [0.5, 0.6) is 11.5 Å². The molecule has 1 fully saturated rings. The topological polar surface area (TPSA) is 203 Å². The van der Waals surface area contributed by atoms with Crippen molar-refractivity contribution in [2.24, 2.45) is 0 Å². The number of rotatable bonds is 7. The maximum atomic E-state index is 12.1. The number of benzene rings is 1. The average molecular weight is 494 g/mol. The fraction of sp³-hybridized carbons (Fsp3) is 0.412. The fourth-order valence-electron chi connectivity index (χ4n) is 3.04. The molecule has 15 heteroatoms. The Hall–Kier alpha value is -3.10. The molecule has 0 aliphatic carbocycles. The summed E-state index contributed by atoms with van der Waals surface area (Å²) in [6.07, 6.45) is -1.25. The van der Waals surface area contributed by atoms with Gasteiger partial charge in [0.05, 0.1) is 10.6 Å². The normalized spacial score (nSPS) is 19.2. The van der Waals surface area contributed by atoms with Gasteiger partial charge in [-0.05, 0) is 26.0 Å². The Balaban J connectivity index is 2.06. The van der Waals surface area contributed by atoms with Gasteiger partial charge in [0, 0.05) is 12.5 Å². The van der Waals surface area contributed by atoms with Crippen molar-refractivity contribution in [2.75, 3.05) is 6.61 Å². The molecule has 1 aromatic carbocycles. The van der Waals surface area contributed by atoms with Gasteiger partial charge in [-0.2, -0.15) is 0 Å². The predicted octanol–water partition coefficient (Wildman–Crippen LogP) is 0.177. The summed E-state index contributed by atoms with van der Waals surface area (Å²) in [6, 6.07) is -0.202. The molecule has 0 spiro atoms. The Labute approximate surface area is 188 Å². The first kappa shape index (κ1) is 25.2. The number of phenolic OH excluding ortho intramolecular Hbond substituents is 2. The van der Waals surface area contributed by atoms with E-state index in [0.29, 0.717) is 0 Å². The van der Waals surface area contributed by atoms with Crippen molar-refractivity contribution in [3.05, 3.63) is 22.7 Å². The van der Waals surface area contributed by atoms with Crippen LogP contribution >= 0.6 is 11.6 Å². The number of carbonyl (C=O) groups excluding carboxylic acids is 3. The highest BCUT2D eigenvalue weighted by Gasteiger charge is 2.54. The number of carboxylic acid groups (broad SMARTS) is 1. The number of aromatic hydroxyl groups is 2. The van der Waals surface area contributed by atoms with Gasteiger partial charge in [-0.3, -0.25) is 15.0 Å². The zero-order chi connectivity index (χ0) is 24.4. The van der Waals surface area contributed by atoms with Crippen LogP contribution in [0.3, 0.4) is 0 Å². The summed E-state index contributed by atoms with van der Waals surface area (Å²) in [7, 11) is 0. The first-order valence-corrected chi connectivity index (χ1v) is 10.4. The summed E-state index contributed by atoms with van der Waals surface area (Å²) in [4.78, 5) is 48.6. The van der Waals surface area contributed by atoms with Crippen molar-refractivity contribution in [1.82, 2.24) is 15.8 Å². The number of halogens is 1. The van der Waals surface area contributed by atoms with E-state index in [4.69, 9.17) is 16.3 Å². The van der Waals surface area contributed by atoms with Crippen LogP contribution in [-0.4, -0.2) is 76.3 Å². The molecule has 1 aliphatic heterocycles. The third-order valence-electron chi connectivity index (χ3n) is 4.83. The van der Waals surface area contributed by atoms with Gasteiger partial charge in [-0.1, -0.05) is 11.6 Å². The van der Waals surface area contributed by atoms with Gasteiger partial charge in [0.15, 0.2) is 28.6 Å². The first-order chi connectivity index (χ1) is 14.8. The molecule has 0 saturated carbocycles. The van der Waals surface area contributed by atoms with Crippen molar-refractivity contribution in [1.29, 1.82) is 0 Å². The van der Waals surface area contributed by atoms with E-state index < -0.39 is 74.9 Å². The molecule has 2 rings (SSSR count). The number of carboxylic acids is 1. The summed E-state index contributed by atoms with van der Waals surface area (Å²) in [6.45, 7) is 1.73. The summed E-state index contributed by atoms with van der Waals surface area (Å²) in [5, 5.41) is 27.9. The van der Waals surface area contributed by atoms with Crippen LogP contribution in [0.4, 0.5) is 4.79 Å². The van der Waals surface area contributed by atoms with E-state index in [1.807, 2.05) is 10.9 Å². The number of nitrogens with zero attached hydrogens (tertiary/aromatic N) is 1. The third-order valence-corrected chi connectivity index (χ3v) is 6.35. The lowest BCUT2D eigenvalue weighted by atomic mass is 9.92. The van der Waals surface area contributed by atoms with E-state index in [1.54, 1.807) is 6.92 Å². The highest BCUT2D eigenvalue weighted by Crippen LogP contribution is 2.35. The summed E-state index contributed by atoms with van der Waals surface area (Å²) >= 11 is 2.90. The number of carbonyl (C=O) groups is 4. The lowest BCUT2D eigenvalue weighted by molar-refractivity contribution is -0.163. The van der Waals surface area contributed by atoms with E-state index in [1.165, 1.54) is 0 Å². The Kier molecular flexibility index (Phi) is 7.54. The first-order valence-electron chi connectivity index (χ1n) is 8.89. The molecular formula is C17H20ClN3O10S. The molecule has 1 unspecified atom stereocenters. The Bertz CT molecular complexity index is 990. The van der Waals surface area contributed by atoms with Crippen LogP contribution in [0.2, 0.25) is 5.02 Å². The van der Waals surface area contributed by atoms with Crippen LogP contribution in [-0.2, 0) is 25.4 Å². The van der Waals surface area contributed by atoms with Crippen molar-refractivity contribution in [3.63, 3.8) is 0 Å². The van der Waals surface area contributed by atoms with Crippen LogP contribution in [0, 0.1) is 0 Å². The lowest BCUT2D eigenvalue weighted by Gasteiger charge is -2.47. The average Bonchev–Trinajstić information content (AvgIpc) is 2.72. The second-order valence-corrected chi connectivity index (χ2v) is 8.92. The maximum absolute atomic E-state index is 12.1. The van der Waals surface area contributed by atoms with Gasteiger partial charge in [0.1, 0.15) is 11.4 Å². The standard InChI is InChI=1S/C17H20ClN3O10S/c1-7-5-10(23)21(7)13(15(26)27)17(2,32(29)30)6-31-16(28)20-19-14(25)8-3-4-9(22)12(24)11(8)18/h3-4,7,13,22,24H,5-6H2,1-2H3,(H,19,25)(H,20,28)(H,26,27)(H,29,30)/t7-,13+,17+/m1/s1. The number of nitrogens with one attached hydrogen (secondary N) is 2. The maximum Gasteiger partial charge on any atom is 0.426 e. The smallest absolute Gasteiger partial charge is 0.426 e. The Morgan fingerprint density at radius 1 is 1.34 bits per heavy atom. The van der Waals surface area contributed by atoms with Crippen molar-refractivity contribution in [2.45, 2.75) is 37.1 Å². The minimum absolute atomic E-state index is 0.0701. The van der Waals surface area contributed by atoms with Crippen LogP contribution in [0.15, 0.2) is 12.1 Å². The van der Waals surface area contributed by atoms with E-state index >= 15 is 0 Å². The minimum atomic E-state index is -2.84. The number of hydrazine groups is 1. The second-order valence-electron chi connectivity index (χ2n) is 7.11. The number of phenols is 2. The number of β-lactam (4-membered cyclic amide) rings is 1. The van der Waals surface area contributed by atoms with E-state index in [-0.39, 0.29) is 12.0 Å². The SMILES string of the molecule is C[C@@H]1CC(=O)N1[C@@H](C(=O)O)[C@](C)(COC(=O)NNC(=O)c1ccc(O)c(O)c1Cl)S(=O)O. The van der Waals surface area contributed by atoms with Crippen molar-refractivity contribution in [3.8, 4) is 11.5 Å². The summed E-state index contributed by atoms with van der Waals surface area (Å²) in [5.74, 6) is -4.42. The quantitative estimate of drug-likeness (QED) is 0.131. The summed E-state index contributed by atoms with van der Waals surface area (Å²) < 4.78 is 24.4. The molecule has 1 heterocycles. The van der Waals surface area contributed by atoms with Crippen LogP contribution < -0.4 is 10.9 Å². The number of hydrogen-bond donors (Lipinski definition) is 6. The molecule has 4 atom stereocenters. The predicted molar refractivity (Wildman–Crippen MR) is 108 cm³/mol. The van der Waals surface area contributed by atoms with Gasteiger partial charge in [-0.25, -0.2) is 19.2 Å². The van der Waals surface area contributed by atoms with Crippen molar-refractivity contribution >= 4 is 46.6 Å². The number of likely N-dealkylation sites (tertiary alicyclic amines) is 1. The zero-order valence-corrected chi connectivity index (χ0v) is 18.3. The minimum Gasteiger partial charge on any atom is -0.504 e. The number of hydrogen-bond acceptors (Lipinski definition) is 8. The van der Waals surface area contributed by atoms with Crippen molar-refractivity contribution < 1.29 is 48.0 Å². The molecule has 0 radical (unpaired) electrons. The molecule has 0 bridgehead atoms. The zero-order valence-electron chi connectivity index (χ0n) is 16.7. The molecule has 176 valence electrons. The van der Waals surface area contributed by atoms with E-state index in [9.17, 15) is 43.3 Å². The summed E-state index contributed by atoms with van der Waals surface area (Å²) in [5.41, 5.74) is 3.42. The lowest BCUT2D eigenvalue weighted by Crippen LogP contribution is -2.68. The highest BCUT2D eigenvalue weighted by molar-refractivity contribution is 7.80. The molecule has 13 nitrogen and oxygen atoms in total. The fourth-order valence-corrected chi connectivity index (χ4v) is 3.85. The molecular weight excluding hydrogens is 474 g/mol. The van der Waals surface area contributed by atoms with Gasteiger partial charge in [0.25, 0.3) is 5.91 Å². The number of aliphatic carboxylic acids is 1. The molecule has 0 aromatic heterocycles. The Morgan fingerprint density at radius 3 is 2.47 bits per heavy atom. The molecule has 32 heavy (non-hydrogen) atoms.